The summed E-state index contributed by atoms with van der Waals surface area (Å²) in [5.74, 6) is -0.244. The first kappa shape index (κ1) is 12.0. The maximum atomic E-state index is 13.3. The Bertz CT molecular complexity index is 561. The lowest BCUT2D eigenvalue weighted by Gasteiger charge is -2.06. The van der Waals surface area contributed by atoms with Crippen LogP contribution in [-0.2, 0) is 0 Å². The van der Waals surface area contributed by atoms with Gasteiger partial charge in [0, 0.05) is 10.0 Å². The van der Waals surface area contributed by atoms with Crippen LogP contribution in [0.25, 0.3) is 11.4 Å². The van der Waals surface area contributed by atoms with Gasteiger partial charge in [0.2, 0.25) is 0 Å². The second-order valence-electron chi connectivity index (χ2n) is 3.80. The molecule has 0 bridgehead atoms. The Morgan fingerprint density at radius 3 is 2.53 bits per heavy atom. The maximum Gasteiger partial charge on any atom is 0.186 e. The lowest BCUT2D eigenvalue weighted by Crippen LogP contribution is -2.03. The predicted molar refractivity (Wildman–Crippen MR) is 69.0 cm³/mol. The molecule has 0 aliphatic rings. The van der Waals surface area contributed by atoms with E-state index in [4.69, 9.17) is 5.73 Å². The van der Waals surface area contributed by atoms with E-state index in [0.29, 0.717) is 5.82 Å². The van der Waals surface area contributed by atoms with Crippen molar-refractivity contribution < 1.29 is 4.39 Å². The summed E-state index contributed by atoms with van der Waals surface area (Å²) in [5, 5.41) is 0. The van der Waals surface area contributed by atoms with Gasteiger partial charge < -0.3 is 5.73 Å². The monoisotopic (exact) mass is 295 g/mol. The molecule has 0 atom stereocenters. The largest absolute Gasteiger partial charge is 0.381 e. The second-order valence-corrected chi connectivity index (χ2v) is 4.65. The van der Waals surface area contributed by atoms with E-state index in [-0.39, 0.29) is 11.5 Å². The summed E-state index contributed by atoms with van der Waals surface area (Å²) in [6.07, 6.45) is 0. The van der Waals surface area contributed by atoms with Crippen LogP contribution in [0.15, 0.2) is 22.7 Å². The highest BCUT2D eigenvalue weighted by Gasteiger charge is 2.10. The third-order valence-corrected chi connectivity index (χ3v) is 3.33. The van der Waals surface area contributed by atoms with Crippen LogP contribution in [0.2, 0.25) is 0 Å². The predicted octanol–water partition coefficient (Wildman–Crippen LogP) is 3.24. The molecule has 0 unspecified atom stereocenters. The van der Waals surface area contributed by atoms with Crippen molar-refractivity contribution in [2.75, 3.05) is 5.73 Å². The summed E-state index contributed by atoms with van der Waals surface area (Å²) in [6, 6.07) is 5.71. The maximum absolute atomic E-state index is 13.3. The van der Waals surface area contributed by atoms with Crippen molar-refractivity contribution in [2.45, 2.75) is 13.8 Å². The number of hydrogen-bond acceptors (Lipinski definition) is 3. The molecule has 0 saturated carbocycles. The van der Waals surface area contributed by atoms with E-state index < -0.39 is 5.82 Å². The van der Waals surface area contributed by atoms with Crippen LogP contribution in [0.4, 0.5) is 10.2 Å². The normalized spacial score (nSPS) is 10.6. The molecule has 0 fully saturated rings. The van der Waals surface area contributed by atoms with E-state index in [2.05, 4.69) is 25.9 Å². The zero-order valence-electron chi connectivity index (χ0n) is 9.46. The summed E-state index contributed by atoms with van der Waals surface area (Å²) >= 11 is 3.43. The van der Waals surface area contributed by atoms with Gasteiger partial charge in [-0.1, -0.05) is 28.1 Å². The quantitative estimate of drug-likeness (QED) is 0.879. The molecule has 1 aromatic heterocycles. The molecule has 17 heavy (non-hydrogen) atoms. The SMILES string of the molecule is Cc1ccc(-c2nc(C)c(F)c(N)n2)cc1Br. The fraction of sp³-hybridized carbons (Fsp3) is 0.167. The van der Waals surface area contributed by atoms with Crippen molar-refractivity contribution in [3.63, 3.8) is 0 Å². The molecule has 0 spiro atoms. The highest BCUT2D eigenvalue weighted by atomic mass is 79.9. The average Bonchev–Trinajstić information content (AvgIpc) is 2.29. The first-order chi connectivity index (χ1) is 7.99. The summed E-state index contributed by atoms with van der Waals surface area (Å²) < 4.78 is 14.3. The number of benzene rings is 1. The fourth-order valence-corrected chi connectivity index (χ4v) is 1.82. The number of hydrogen-bond donors (Lipinski definition) is 1. The smallest absolute Gasteiger partial charge is 0.186 e. The Hall–Kier alpha value is -1.49. The van der Waals surface area contributed by atoms with Gasteiger partial charge in [-0.15, -0.1) is 0 Å². The van der Waals surface area contributed by atoms with Crippen molar-refractivity contribution in [2.24, 2.45) is 0 Å². The molecule has 1 aromatic carbocycles. The molecule has 0 amide bonds. The molecule has 1 heterocycles. The van der Waals surface area contributed by atoms with Crippen molar-refractivity contribution >= 4 is 21.7 Å². The van der Waals surface area contributed by atoms with Crippen LogP contribution in [0.3, 0.4) is 0 Å². The molecule has 2 aromatic rings. The zero-order chi connectivity index (χ0) is 12.6. The van der Waals surface area contributed by atoms with Crippen LogP contribution in [0.1, 0.15) is 11.3 Å². The third-order valence-electron chi connectivity index (χ3n) is 2.47. The number of nitrogens with two attached hydrogens (primary N) is 1. The zero-order valence-corrected chi connectivity index (χ0v) is 11.0. The van der Waals surface area contributed by atoms with E-state index in [0.717, 1.165) is 15.6 Å². The Morgan fingerprint density at radius 2 is 1.94 bits per heavy atom. The van der Waals surface area contributed by atoms with E-state index in [9.17, 15) is 4.39 Å². The van der Waals surface area contributed by atoms with Gasteiger partial charge in [-0.05, 0) is 25.5 Å². The molecule has 0 aliphatic carbocycles. The van der Waals surface area contributed by atoms with Gasteiger partial charge in [0.15, 0.2) is 17.5 Å². The van der Waals surface area contributed by atoms with Crippen LogP contribution >= 0.6 is 15.9 Å². The summed E-state index contributed by atoms with van der Waals surface area (Å²) in [6.45, 7) is 3.55. The minimum absolute atomic E-state index is 0.121. The number of halogens is 2. The molecule has 88 valence electrons. The van der Waals surface area contributed by atoms with Crippen molar-refractivity contribution in [1.82, 2.24) is 9.97 Å². The average molecular weight is 296 g/mol. The minimum Gasteiger partial charge on any atom is -0.381 e. The Labute approximate surface area is 107 Å². The van der Waals surface area contributed by atoms with Gasteiger partial charge in [0.1, 0.15) is 0 Å². The molecule has 0 radical (unpaired) electrons. The number of rotatable bonds is 1. The van der Waals surface area contributed by atoms with Crippen LogP contribution in [-0.4, -0.2) is 9.97 Å². The highest BCUT2D eigenvalue weighted by Crippen LogP contribution is 2.24. The first-order valence-electron chi connectivity index (χ1n) is 5.05. The van der Waals surface area contributed by atoms with Crippen molar-refractivity contribution in [1.29, 1.82) is 0 Å². The van der Waals surface area contributed by atoms with Crippen molar-refractivity contribution in [3.8, 4) is 11.4 Å². The third kappa shape index (κ3) is 2.29. The fourth-order valence-electron chi connectivity index (χ4n) is 1.44. The van der Waals surface area contributed by atoms with E-state index in [1.54, 1.807) is 6.92 Å². The first-order valence-corrected chi connectivity index (χ1v) is 5.84. The summed E-state index contributed by atoms with van der Waals surface area (Å²) in [4.78, 5) is 8.03. The topological polar surface area (TPSA) is 51.8 Å². The molecule has 3 nitrogen and oxygen atoms in total. The number of nitrogen functional groups attached to an aromatic ring is 1. The molecule has 2 N–H and O–H groups in total. The Balaban J connectivity index is 2.57. The van der Waals surface area contributed by atoms with Gasteiger partial charge >= 0.3 is 0 Å². The van der Waals surface area contributed by atoms with Gasteiger partial charge in [-0.2, -0.15) is 0 Å². The van der Waals surface area contributed by atoms with Gasteiger partial charge in [-0.25, -0.2) is 14.4 Å². The second kappa shape index (κ2) is 4.41. The van der Waals surface area contributed by atoms with Crippen LogP contribution < -0.4 is 5.73 Å². The standard InChI is InChI=1S/C12H11BrFN3/c1-6-3-4-8(5-9(6)13)12-16-7(2)10(14)11(15)17-12/h3-5H,1-2H3,(H2,15,16,17). The van der Waals surface area contributed by atoms with Crippen LogP contribution in [0, 0.1) is 19.7 Å². The Kier molecular flexibility index (Phi) is 3.11. The van der Waals surface area contributed by atoms with Crippen molar-refractivity contribution in [3.05, 3.63) is 39.7 Å². The molecule has 0 saturated heterocycles. The van der Waals surface area contributed by atoms with Gasteiger partial charge in [-0.3, -0.25) is 0 Å². The number of aromatic nitrogens is 2. The molecule has 0 aliphatic heterocycles. The van der Waals surface area contributed by atoms with E-state index >= 15 is 0 Å². The highest BCUT2D eigenvalue weighted by molar-refractivity contribution is 9.10. The lowest BCUT2D eigenvalue weighted by molar-refractivity contribution is 0.608. The minimum atomic E-state index is -0.556. The van der Waals surface area contributed by atoms with Crippen LogP contribution in [0.5, 0.6) is 0 Å². The van der Waals surface area contributed by atoms with E-state index in [1.165, 1.54) is 0 Å². The molecular weight excluding hydrogens is 285 g/mol. The van der Waals surface area contributed by atoms with Gasteiger partial charge in [0.05, 0.1) is 5.69 Å². The molecule has 5 heteroatoms. The molecule has 2 rings (SSSR count). The number of nitrogens with zero attached hydrogens (tertiary/aromatic N) is 2. The summed E-state index contributed by atoms with van der Waals surface area (Å²) in [7, 11) is 0. The molecular formula is C12H11BrFN3. The summed E-state index contributed by atoms with van der Waals surface area (Å²) in [5.41, 5.74) is 7.66. The van der Waals surface area contributed by atoms with Gasteiger partial charge in [0.25, 0.3) is 0 Å². The Morgan fingerprint density at radius 1 is 1.24 bits per heavy atom. The number of anilines is 1. The lowest BCUT2D eigenvalue weighted by atomic mass is 10.1. The number of aryl methyl sites for hydroxylation is 2. The van der Waals surface area contributed by atoms with E-state index in [1.807, 2.05) is 25.1 Å².